The highest BCUT2D eigenvalue weighted by molar-refractivity contribution is 5.75. The molecule has 0 N–H and O–H groups in total. The largest absolute Gasteiger partial charge is 0.457 e. The standard InChI is InChI=1S/C32H36F2O5/c33-21-1-3-23-5-9-25(10-6-23)31(35)38-29-17-13-27(14-18-29)37-28-15-19-30(20-16-28)39-32(36)26-11-7-24(8-12-26)4-2-22-34/h1-2,13-26H,3-12H2. The van der Waals surface area contributed by atoms with Gasteiger partial charge in [-0.2, -0.15) is 0 Å². The lowest BCUT2D eigenvalue weighted by Crippen LogP contribution is -2.25. The lowest BCUT2D eigenvalue weighted by atomic mass is 9.80. The van der Waals surface area contributed by atoms with Gasteiger partial charge in [0.05, 0.1) is 24.5 Å². The summed E-state index contributed by atoms with van der Waals surface area (Å²) < 4.78 is 41.4. The minimum absolute atomic E-state index is 0.126. The van der Waals surface area contributed by atoms with E-state index in [4.69, 9.17) is 14.2 Å². The smallest absolute Gasteiger partial charge is 0.314 e. The molecule has 5 nitrogen and oxygen atoms in total. The Kier molecular flexibility index (Phi) is 10.7. The van der Waals surface area contributed by atoms with Gasteiger partial charge in [0, 0.05) is 0 Å². The molecule has 2 aliphatic rings. The summed E-state index contributed by atoms with van der Waals surface area (Å²) in [6.07, 6.45) is 12.3. The molecular weight excluding hydrogens is 502 g/mol. The van der Waals surface area contributed by atoms with Crippen LogP contribution in [0.2, 0.25) is 0 Å². The molecule has 208 valence electrons. The van der Waals surface area contributed by atoms with Gasteiger partial charge in [0.15, 0.2) is 0 Å². The molecule has 0 radical (unpaired) electrons. The summed E-state index contributed by atoms with van der Waals surface area (Å²) in [5.74, 6) is 2.25. The first-order valence-electron chi connectivity index (χ1n) is 13.9. The lowest BCUT2D eigenvalue weighted by molar-refractivity contribution is -0.141. The zero-order chi connectivity index (χ0) is 27.5. The first kappa shape index (κ1) is 28.5. The number of hydrogen-bond acceptors (Lipinski definition) is 5. The van der Waals surface area contributed by atoms with E-state index in [-0.39, 0.29) is 23.8 Å². The van der Waals surface area contributed by atoms with E-state index in [1.807, 2.05) is 0 Å². The summed E-state index contributed by atoms with van der Waals surface area (Å²) in [4.78, 5) is 25.1. The minimum atomic E-state index is -0.227. The Bertz CT molecular complexity index is 1020. The van der Waals surface area contributed by atoms with Gasteiger partial charge in [0.25, 0.3) is 0 Å². The van der Waals surface area contributed by atoms with Crippen LogP contribution < -0.4 is 14.2 Å². The van der Waals surface area contributed by atoms with Crippen molar-refractivity contribution in [1.29, 1.82) is 0 Å². The quantitative estimate of drug-likeness (QED) is 0.224. The zero-order valence-corrected chi connectivity index (χ0v) is 22.1. The molecule has 0 unspecified atom stereocenters. The van der Waals surface area contributed by atoms with Crippen molar-refractivity contribution < 1.29 is 32.6 Å². The van der Waals surface area contributed by atoms with Gasteiger partial charge in [-0.05, 0) is 125 Å². The SMILES string of the molecule is O=C(Oc1ccc(Oc2ccc(OC(=O)C3CCC(CC=CF)CC3)cc2)cc1)C1CCC(CC=CF)CC1. The molecule has 0 spiro atoms. The molecule has 0 amide bonds. The van der Waals surface area contributed by atoms with Gasteiger partial charge in [-0.15, -0.1) is 0 Å². The van der Waals surface area contributed by atoms with Gasteiger partial charge in [-0.25, -0.2) is 8.78 Å². The third-order valence-electron chi connectivity index (χ3n) is 7.80. The van der Waals surface area contributed by atoms with Gasteiger partial charge < -0.3 is 14.2 Å². The van der Waals surface area contributed by atoms with Crippen LogP contribution in [-0.2, 0) is 9.59 Å². The highest BCUT2D eigenvalue weighted by atomic mass is 19.1. The normalized spacial score (nSPS) is 23.5. The number of carbonyl (C=O) groups is 2. The van der Waals surface area contributed by atoms with Crippen LogP contribution in [0.15, 0.2) is 73.3 Å². The second-order valence-corrected chi connectivity index (χ2v) is 10.5. The highest BCUT2D eigenvalue weighted by Gasteiger charge is 2.28. The Morgan fingerprint density at radius 3 is 1.26 bits per heavy atom. The molecule has 2 aromatic rings. The van der Waals surface area contributed by atoms with Crippen LogP contribution in [0.25, 0.3) is 0 Å². The zero-order valence-electron chi connectivity index (χ0n) is 22.1. The van der Waals surface area contributed by atoms with Crippen molar-refractivity contribution in [1.82, 2.24) is 0 Å². The Hall–Kier alpha value is -3.48. The molecule has 0 heterocycles. The summed E-state index contributed by atoms with van der Waals surface area (Å²) in [5.41, 5.74) is 0. The number of esters is 2. The third-order valence-corrected chi connectivity index (χ3v) is 7.80. The Balaban J connectivity index is 1.20. The molecule has 0 saturated heterocycles. The lowest BCUT2D eigenvalue weighted by Gasteiger charge is -2.26. The van der Waals surface area contributed by atoms with Crippen LogP contribution in [0.3, 0.4) is 0 Å². The number of allylic oxidation sites excluding steroid dienone is 2. The summed E-state index contributed by atoms with van der Waals surface area (Å²) in [5, 5.41) is 0. The summed E-state index contributed by atoms with van der Waals surface area (Å²) in [6, 6.07) is 13.7. The number of hydrogen-bond donors (Lipinski definition) is 0. The number of benzene rings is 2. The van der Waals surface area contributed by atoms with E-state index in [2.05, 4.69) is 0 Å². The van der Waals surface area contributed by atoms with Gasteiger partial charge in [0.1, 0.15) is 23.0 Å². The Labute approximate surface area is 228 Å². The van der Waals surface area contributed by atoms with Crippen molar-refractivity contribution in [2.45, 2.75) is 64.2 Å². The van der Waals surface area contributed by atoms with Gasteiger partial charge >= 0.3 is 11.9 Å². The third kappa shape index (κ3) is 8.77. The Morgan fingerprint density at radius 2 is 0.923 bits per heavy atom. The average molecular weight is 539 g/mol. The van der Waals surface area contributed by atoms with E-state index in [1.54, 1.807) is 60.7 Å². The maximum Gasteiger partial charge on any atom is 0.314 e. The molecule has 39 heavy (non-hydrogen) atoms. The van der Waals surface area contributed by atoms with Crippen molar-refractivity contribution >= 4 is 11.9 Å². The number of ether oxygens (including phenoxy) is 3. The first-order chi connectivity index (χ1) is 19.0. The first-order valence-corrected chi connectivity index (χ1v) is 13.9. The van der Waals surface area contributed by atoms with Crippen LogP contribution in [0.4, 0.5) is 8.78 Å². The predicted octanol–water partition coefficient (Wildman–Crippen LogP) is 8.65. The van der Waals surface area contributed by atoms with E-state index in [1.165, 1.54) is 0 Å². The minimum Gasteiger partial charge on any atom is -0.457 e. The number of halogens is 2. The van der Waals surface area contributed by atoms with Crippen LogP contribution in [-0.4, -0.2) is 11.9 Å². The fourth-order valence-electron chi connectivity index (χ4n) is 5.44. The molecule has 7 heteroatoms. The summed E-state index contributed by atoms with van der Waals surface area (Å²) >= 11 is 0. The molecule has 0 bridgehead atoms. The second kappa shape index (κ2) is 14.6. The molecule has 4 rings (SSSR count). The van der Waals surface area contributed by atoms with E-state index in [9.17, 15) is 18.4 Å². The summed E-state index contributed by atoms with van der Waals surface area (Å²) in [7, 11) is 0. The van der Waals surface area contributed by atoms with E-state index < -0.39 is 0 Å². The van der Waals surface area contributed by atoms with Crippen molar-refractivity contribution in [2.24, 2.45) is 23.7 Å². The predicted molar refractivity (Wildman–Crippen MR) is 145 cm³/mol. The molecule has 2 fully saturated rings. The Morgan fingerprint density at radius 1 is 0.590 bits per heavy atom. The maximum absolute atomic E-state index is 12.5. The van der Waals surface area contributed by atoms with Crippen molar-refractivity contribution in [3.05, 3.63) is 73.3 Å². The summed E-state index contributed by atoms with van der Waals surface area (Å²) in [6.45, 7) is 0. The van der Waals surface area contributed by atoms with Gasteiger partial charge in [-0.3, -0.25) is 9.59 Å². The van der Waals surface area contributed by atoms with Crippen molar-refractivity contribution in [3.8, 4) is 23.0 Å². The number of rotatable bonds is 10. The van der Waals surface area contributed by atoms with Crippen LogP contribution >= 0.6 is 0 Å². The number of carbonyl (C=O) groups excluding carboxylic acids is 2. The second-order valence-electron chi connectivity index (χ2n) is 10.5. The van der Waals surface area contributed by atoms with Gasteiger partial charge in [-0.1, -0.05) is 12.2 Å². The van der Waals surface area contributed by atoms with Crippen molar-refractivity contribution in [2.75, 3.05) is 0 Å². The van der Waals surface area contributed by atoms with Gasteiger partial charge in [0.2, 0.25) is 0 Å². The molecule has 0 aliphatic heterocycles. The van der Waals surface area contributed by atoms with E-state index in [0.29, 0.717) is 47.5 Å². The molecule has 0 aromatic heterocycles. The molecule has 0 atom stereocenters. The average Bonchev–Trinajstić information content (AvgIpc) is 2.97. The molecule has 2 aromatic carbocycles. The molecular formula is C32H36F2O5. The molecule has 2 aliphatic carbocycles. The molecule has 2 saturated carbocycles. The monoisotopic (exact) mass is 538 g/mol. The topological polar surface area (TPSA) is 61.8 Å². The fourth-order valence-corrected chi connectivity index (χ4v) is 5.44. The van der Waals surface area contributed by atoms with Crippen LogP contribution in [0.5, 0.6) is 23.0 Å². The maximum atomic E-state index is 12.5. The van der Waals surface area contributed by atoms with Crippen LogP contribution in [0.1, 0.15) is 64.2 Å². The fraction of sp³-hybridized carbons (Fsp3) is 0.438. The van der Waals surface area contributed by atoms with Crippen molar-refractivity contribution in [3.63, 3.8) is 0 Å². The highest BCUT2D eigenvalue weighted by Crippen LogP contribution is 2.34. The van der Waals surface area contributed by atoms with Crippen LogP contribution in [0, 0.1) is 23.7 Å². The van der Waals surface area contributed by atoms with E-state index in [0.717, 1.165) is 64.2 Å². The van der Waals surface area contributed by atoms with E-state index >= 15 is 0 Å².